The number of aromatic nitrogens is 4. The fraction of sp³-hybridized carbons (Fsp3) is 0.0741. The lowest BCUT2D eigenvalue weighted by Crippen LogP contribution is -2.26. The quantitative estimate of drug-likeness (QED) is 0.337. The summed E-state index contributed by atoms with van der Waals surface area (Å²) >= 11 is 1.56. The molecule has 166 valence electrons. The van der Waals surface area contributed by atoms with Gasteiger partial charge in [-0.05, 0) is 36.2 Å². The molecule has 7 heteroatoms. The molecule has 0 spiro atoms. The molecule has 0 aliphatic rings. The van der Waals surface area contributed by atoms with Crippen LogP contribution in [0.5, 0.6) is 0 Å². The minimum Gasteiger partial charge on any atom is -0.361 e. The van der Waals surface area contributed by atoms with E-state index < -0.39 is 0 Å². The normalized spacial score (nSPS) is 11.3. The first kappa shape index (κ1) is 20.4. The molecular formula is C27H21N5OS. The van der Waals surface area contributed by atoms with Crippen LogP contribution in [0.15, 0.2) is 91.1 Å². The fourth-order valence-corrected chi connectivity index (χ4v) is 5.07. The predicted molar refractivity (Wildman–Crippen MR) is 137 cm³/mol. The molecule has 2 N–H and O–H groups in total. The number of nitrogens with zero attached hydrogens (tertiary/aromatic N) is 3. The van der Waals surface area contributed by atoms with Gasteiger partial charge in [0.05, 0.1) is 15.9 Å². The minimum atomic E-state index is -0.197. The maximum Gasteiger partial charge on any atom is 0.271 e. The van der Waals surface area contributed by atoms with Gasteiger partial charge >= 0.3 is 0 Å². The molecule has 1 amide bonds. The summed E-state index contributed by atoms with van der Waals surface area (Å²) in [7, 11) is 0. The Kier molecular flexibility index (Phi) is 5.16. The van der Waals surface area contributed by atoms with Crippen molar-refractivity contribution in [3.05, 3.63) is 102 Å². The Labute approximate surface area is 199 Å². The summed E-state index contributed by atoms with van der Waals surface area (Å²) < 4.78 is 2.85. The summed E-state index contributed by atoms with van der Waals surface area (Å²) in [6, 6.07) is 28.0. The second kappa shape index (κ2) is 8.61. The Morgan fingerprint density at radius 1 is 0.971 bits per heavy atom. The molecule has 0 bridgehead atoms. The lowest BCUT2D eigenvalue weighted by molar-refractivity contribution is 0.0948. The van der Waals surface area contributed by atoms with Crippen LogP contribution in [0.4, 0.5) is 0 Å². The Hall–Kier alpha value is -4.23. The first-order chi connectivity index (χ1) is 16.8. The number of H-pyrrole nitrogens is 1. The molecule has 6 nitrogen and oxygen atoms in total. The summed E-state index contributed by atoms with van der Waals surface area (Å²) in [5.74, 6) is -0.197. The Bertz CT molecular complexity index is 1580. The molecule has 3 heterocycles. The number of rotatable bonds is 6. The van der Waals surface area contributed by atoms with Gasteiger partial charge in [-0.15, -0.1) is 0 Å². The lowest BCUT2D eigenvalue weighted by atomic mass is 10.1. The van der Waals surface area contributed by atoms with Gasteiger partial charge in [-0.3, -0.25) is 4.79 Å². The SMILES string of the molecule is O=C(NCCc1c[nH]c2ccccc12)c1cc(-c2ccccc2)n(-c2nc3ccccc3s2)n1. The van der Waals surface area contributed by atoms with Gasteiger partial charge in [-0.2, -0.15) is 5.10 Å². The maximum atomic E-state index is 13.0. The van der Waals surface area contributed by atoms with Crippen LogP contribution in [-0.2, 0) is 6.42 Å². The number of benzene rings is 3. The molecule has 0 aliphatic carbocycles. The molecular weight excluding hydrogens is 442 g/mol. The summed E-state index contributed by atoms with van der Waals surface area (Å²) in [4.78, 5) is 21.1. The van der Waals surface area contributed by atoms with Gasteiger partial charge in [0.1, 0.15) is 0 Å². The van der Waals surface area contributed by atoms with Crippen molar-refractivity contribution >= 4 is 38.4 Å². The Balaban J connectivity index is 1.28. The molecule has 0 radical (unpaired) electrons. The van der Waals surface area contributed by atoms with E-state index in [0.29, 0.717) is 12.2 Å². The summed E-state index contributed by atoms with van der Waals surface area (Å²) in [5.41, 5.74) is 5.39. The molecule has 0 aliphatic heterocycles. The van der Waals surface area contributed by atoms with Gasteiger partial charge in [0.25, 0.3) is 5.91 Å². The van der Waals surface area contributed by atoms with Gasteiger partial charge in [-0.1, -0.05) is 72.0 Å². The largest absolute Gasteiger partial charge is 0.361 e. The average Bonchev–Trinajstić information content (AvgIpc) is 3.61. The second-order valence-corrected chi connectivity index (χ2v) is 9.03. The minimum absolute atomic E-state index is 0.197. The van der Waals surface area contributed by atoms with Gasteiger partial charge < -0.3 is 10.3 Å². The molecule has 0 saturated carbocycles. The highest BCUT2D eigenvalue weighted by Crippen LogP contribution is 2.29. The van der Waals surface area contributed by atoms with Gasteiger partial charge in [0.2, 0.25) is 5.13 Å². The number of carbonyl (C=O) groups is 1. The average molecular weight is 464 g/mol. The zero-order chi connectivity index (χ0) is 22.9. The third-order valence-electron chi connectivity index (χ3n) is 5.83. The monoisotopic (exact) mass is 463 g/mol. The van der Waals surface area contributed by atoms with Crippen LogP contribution in [-0.4, -0.2) is 32.2 Å². The number of hydrogen-bond donors (Lipinski definition) is 2. The lowest BCUT2D eigenvalue weighted by Gasteiger charge is -2.03. The van der Waals surface area contributed by atoms with E-state index in [-0.39, 0.29) is 5.91 Å². The van der Waals surface area contributed by atoms with Crippen LogP contribution in [0.1, 0.15) is 16.1 Å². The predicted octanol–water partition coefficient (Wildman–Crippen LogP) is 5.60. The zero-order valence-electron chi connectivity index (χ0n) is 18.2. The van der Waals surface area contributed by atoms with E-state index in [1.54, 1.807) is 16.0 Å². The van der Waals surface area contributed by atoms with E-state index in [2.05, 4.69) is 27.5 Å². The maximum absolute atomic E-state index is 13.0. The zero-order valence-corrected chi connectivity index (χ0v) is 19.0. The van der Waals surface area contributed by atoms with E-state index >= 15 is 0 Å². The first-order valence-corrected chi connectivity index (χ1v) is 11.9. The van der Waals surface area contributed by atoms with Crippen molar-refractivity contribution in [2.75, 3.05) is 6.54 Å². The van der Waals surface area contributed by atoms with E-state index in [4.69, 9.17) is 4.98 Å². The highest BCUT2D eigenvalue weighted by Gasteiger charge is 2.19. The molecule has 0 saturated heterocycles. The number of thiazole rings is 1. The third-order valence-corrected chi connectivity index (χ3v) is 6.84. The van der Waals surface area contributed by atoms with Crippen molar-refractivity contribution < 1.29 is 4.79 Å². The van der Waals surface area contributed by atoms with Gasteiger partial charge in [-0.25, -0.2) is 9.67 Å². The third kappa shape index (κ3) is 3.76. The molecule has 0 atom stereocenters. The number of fused-ring (bicyclic) bond motifs is 2. The summed E-state index contributed by atoms with van der Waals surface area (Å²) in [6.07, 6.45) is 2.74. The second-order valence-electron chi connectivity index (χ2n) is 8.02. The number of aromatic amines is 1. The Morgan fingerprint density at radius 2 is 1.76 bits per heavy atom. The van der Waals surface area contributed by atoms with Crippen LogP contribution in [0.25, 0.3) is 37.5 Å². The highest BCUT2D eigenvalue weighted by atomic mass is 32.1. The summed E-state index contributed by atoms with van der Waals surface area (Å²) in [5, 5.41) is 9.61. The Morgan fingerprint density at radius 3 is 2.65 bits per heavy atom. The smallest absolute Gasteiger partial charge is 0.271 e. The number of hydrogen-bond acceptors (Lipinski definition) is 4. The fourth-order valence-electron chi connectivity index (χ4n) is 4.14. The summed E-state index contributed by atoms with van der Waals surface area (Å²) in [6.45, 7) is 0.523. The van der Waals surface area contributed by atoms with Crippen LogP contribution in [0.2, 0.25) is 0 Å². The van der Waals surface area contributed by atoms with E-state index in [0.717, 1.165) is 38.5 Å². The van der Waals surface area contributed by atoms with E-state index in [1.807, 2.05) is 79.0 Å². The first-order valence-electron chi connectivity index (χ1n) is 11.1. The van der Waals surface area contributed by atoms with Gasteiger partial charge in [0.15, 0.2) is 5.69 Å². The van der Waals surface area contributed by atoms with Crippen molar-refractivity contribution in [3.8, 4) is 16.4 Å². The number of carbonyl (C=O) groups excluding carboxylic acids is 1. The van der Waals surface area contributed by atoms with Crippen LogP contribution in [0, 0.1) is 0 Å². The number of para-hydroxylation sites is 2. The topological polar surface area (TPSA) is 75.6 Å². The van der Waals surface area contributed by atoms with Crippen molar-refractivity contribution in [2.45, 2.75) is 6.42 Å². The molecule has 0 unspecified atom stereocenters. The van der Waals surface area contributed by atoms with Crippen molar-refractivity contribution in [2.24, 2.45) is 0 Å². The molecule has 6 rings (SSSR count). The molecule has 3 aromatic carbocycles. The number of nitrogens with one attached hydrogen (secondary N) is 2. The van der Waals surface area contributed by atoms with E-state index in [9.17, 15) is 4.79 Å². The van der Waals surface area contributed by atoms with Crippen molar-refractivity contribution in [1.29, 1.82) is 0 Å². The van der Waals surface area contributed by atoms with Gasteiger partial charge in [0, 0.05) is 29.2 Å². The van der Waals surface area contributed by atoms with Crippen molar-refractivity contribution in [1.82, 2.24) is 25.1 Å². The standard InChI is InChI=1S/C27H21N5OS/c33-26(28-15-14-19-17-29-21-11-5-4-10-20(19)21)23-16-24(18-8-2-1-3-9-18)32(31-23)27-30-22-12-6-7-13-25(22)34-27/h1-13,16-17,29H,14-15H2,(H,28,33). The van der Waals surface area contributed by atoms with Crippen molar-refractivity contribution in [3.63, 3.8) is 0 Å². The molecule has 6 aromatic rings. The van der Waals surface area contributed by atoms with Crippen LogP contribution >= 0.6 is 11.3 Å². The molecule has 34 heavy (non-hydrogen) atoms. The number of amides is 1. The highest BCUT2D eigenvalue weighted by molar-refractivity contribution is 7.20. The van der Waals surface area contributed by atoms with Crippen LogP contribution < -0.4 is 5.32 Å². The molecule has 0 fully saturated rings. The van der Waals surface area contributed by atoms with Crippen LogP contribution in [0.3, 0.4) is 0 Å². The van der Waals surface area contributed by atoms with E-state index in [1.165, 1.54) is 10.9 Å². The molecule has 3 aromatic heterocycles.